The Morgan fingerprint density at radius 3 is 2.29 bits per heavy atom. The molecule has 31 heavy (non-hydrogen) atoms. The van der Waals surface area contributed by atoms with Crippen molar-refractivity contribution in [2.75, 3.05) is 6.61 Å². The molecular weight excluding hydrogens is 412 g/mol. The second kappa shape index (κ2) is 10.7. The molecule has 6 heteroatoms. The van der Waals surface area contributed by atoms with Crippen LogP contribution in [0.4, 0.5) is 0 Å². The summed E-state index contributed by atoms with van der Waals surface area (Å²) >= 11 is 6.00. The number of halogens is 1. The number of hydrogen-bond donors (Lipinski definition) is 1. The van der Waals surface area contributed by atoms with E-state index in [-0.39, 0.29) is 18.4 Å². The number of rotatable bonds is 8. The highest BCUT2D eigenvalue weighted by molar-refractivity contribution is 6.30. The van der Waals surface area contributed by atoms with E-state index in [0.29, 0.717) is 23.7 Å². The van der Waals surface area contributed by atoms with Crippen LogP contribution in [-0.2, 0) is 16.1 Å². The summed E-state index contributed by atoms with van der Waals surface area (Å²) in [5, 5.41) is 3.62. The first-order valence-electron chi connectivity index (χ1n) is 10.6. The molecule has 0 fully saturated rings. The molecule has 2 aromatic rings. The number of aryl methyl sites for hydroxylation is 2. The van der Waals surface area contributed by atoms with Gasteiger partial charge in [0.2, 0.25) is 5.91 Å². The number of benzene rings is 2. The molecule has 0 aliphatic rings. The van der Waals surface area contributed by atoms with Gasteiger partial charge in [-0.25, -0.2) is 0 Å². The van der Waals surface area contributed by atoms with Crippen molar-refractivity contribution in [3.8, 4) is 5.75 Å². The van der Waals surface area contributed by atoms with Crippen LogP contribution in [0.15, 0.2) is 42.5 Å². The van der Waals surface area contributed by atoms with Crippen molar-refractivity contribution >= 4 is 23.4 Å². The first-order chi connectivity index (χ1) is 14.5. The van der Waals surface area contributed by atoms with E-state index in [1.54, 1.807) is 17.0 Å². The van der Waals surface area contributed by atoms with Crippen LogP contribution in [-0.4, -0.2) is 34.9 Å². The molecule has 0 bridgehead atoms. The maximum atomic E-state index is 13.2. The summed E-state index contributed by atoms with van der Waals surface area (Å²) in [4.78, 5) is 27.8. The average molecular weight is 445 g/mol. The highest BCUT2D eigenvalue weighted by atomic mass is 35.5. The van der Waals surface area contributed by atoms with E-state index in [1.807, 2.05) is 71.9 Å². The topological polar surface area (TPSA) is 58.6 Å². The van der Waals surface area contributed by atoms with Gasteiger partial charge in [0.25, 0.3) is 5.91 Å². The second-order valence-corrected chi connectivity index (χ2v) is 9.31. The smallest absolute Gasteiger partial charge is 0.261 e. The van der Waals surface area contributed by atoms with Crippen LogP contribution in [0.1, 0.15) is 50.8 Å². The lowest BCUT2D eigenvalue weighted by Crippen LogP contribution is -2.54. The zero-order valence-corrected chi connectivity index (χ0v) is 20.0. The maximum absolute atomic E-state index is 13.2. The Balaban J connectivity index is 2.24. The lowest BCUT2D eigenvalue weighted by Gasteiger charge is -2.33. The lowest BCUT2D eigenvalue weighted by molar-refractivity contribution is -0.143. The van der Waals surface area contributed by atoms with Gasteiger partial charge in [-0.1, -0.05) is 48.4 Å². The van der Waals surface area contributed by atoms with E-state index >= 15 is 0 Å². The maximum Gasteiger partial charge on any atom is 0.261 e. The molecule has 0 saturated heterocycles. The highest BCUT2D eigenvalue weighted by Crippen LogP contribution is 2.20. The van der Waals surface area contributed by atoms with Crippen LogP contribution in [0.2, 0.25) is 5.02 Å². The number of carbonyl (C=O) groups excluding carboxylic acids is 2. The van der Waals surface area contributed by atoms with Gasteiger partial charge in [-0.15, -0.1) is 0 Å². The van der Waals surface area contributed by atoms with Crippen LogP contribution in [0.3, 0.4) is 0 Å². The van der Waals surface area contributed by atoms with E-state index in [2.05, 4.69) is 5.32 Å². The molecule has 0 heterocycles. The zero-order valence-electron chi connectivity index (χ0n) is 19.3. The van der Waals surface area contributed by atoms with E-state index in [0.717, 1.165) is 16.7 Å². The normalized spacial score (nSPS) is 12.2. The minimum Gasteiger partial charge on any atom is -0.483 e. The summed E-state index contributed by atoms with van der Waals surface area (Å²) in [5.41, 5.74) is 2.60. The fourth-order valence-corrected chi connectivity index (χ4v) is 3.47. The Morgan fingerprint density at radius 2 is 1.74 bits per heavy atom. The Labute approximate surface area is 190 Å². The minimum atomic E-state index is -0.606. The van der Waals surface area contributed by atoms with Gasteiger partial charge in [-0.2, -0.15) is 0 Å². The summed E-state index contributed by atoms with van der Waals surface area (Å²) in [6.07, 6.45) is 0.491. The third-order valence-corrected chi connectivity index (χ3v) is 5.08. The first kappa shape index (κ1) is 24.7. The largest absolute Gasteiger partial charge is 0.483 e. The van der Waals surface area contributed by atoms with Crippen LogP contribution >= 0.6 is 11.6 Å². The molecule has 2 rings (SSSR count). The standard InChI is InChI=1S/C25H33ClN2O3/c1-7-21(24(30)27-25(4,5)6)28(15-19-9-11-20(26)12-10-19)23(29)16-31-22-13-8-17(2)14-18(22)3/h8-14,21H,7,15-16H2,1-6H3,(H,27,30)/t21-/m1/s1. The molecule has 1 N–H and O–H groups in total. The van der Waals surface area contributed by atoms with Gasteiger partial charge in [0.1, 0.15) is 11.8 Å². The first-order valence-corrected chi connectivity index (χ1v) is 10.9. The van der Waals surface area contributed by atoms with Gasteiger partial charge in [-0.3, -0.25) is 9.59 Å². The average Bonchev–Trinajstić information content (AvgIpc) is 2.67. The number of amides is 2. The predicted octanol–water partition coefficient (Wildman–Crippen LogP) is 5.06. The van der Waals surface area contributed by atoms with E-state index in [1.165, 1.54) is 0 Å². The van der Waals surface area contributed by atoms with Gasteiger partial charge in [0.15, 0.2) is 6.61 Å². The number of nitrogens with zero attached hydrogens (tertiary/aromatic N) is 1. The lowest BCUT2D eigenvalue weighted by atomic mass is 10.1. The Hall–Kier alpha value is -2.53. The van der Waals surface area contributed by atoms with Crippen molar-refractivity contribution in [3.05, 3.63) is 64.2 Å². The molecule has 2 aromatic carbocycles. The van der Waals surface area contributed by atoms with Crippen LogP contribution in [0.5, 0.6) is 5.75 Å². The molecule has 0 spiro atoms. The molecule has 2 amide bonds. The summed E-state index contributed by atoms with van der Waals surface area (Å²) < 4.78 is 5.82. The van der Waals surface area contributed by atoms with Gasteiger partial charge in [-0.05, 0) is 70.4 Å². The quantitative estimate of drug-likeness (QED) is 0.619. The van der Waals surface area contributed by atoms with Crippen molar-refractivity contribution in [2.45, 2.75) is 66.1 Å². The Morgan fingerprint density at radius 1 is 1.10 bits per heavy atom. The zero-order chi connectivity index (χ0) is 23.2. The number of nitrogens with one attached hydrogen (secondary N) is 1. The Bertz CT molecular complexity index is 904. The van der Waals surface area contributed by atoms with Gasteiger partial charge >= 0.3 is 0 Å². The molecule has 0 aliphatic carbocycles. The van der Waals surface area contributed by atoms with Crippen LogP contribution < -0.4 is 10.1 Å². The summed E-state index contributed by atoms with van der Waals surface area (Å²) in [6, 6.07) is 12.5. The molecule has 0 aromatic heterocycles. The Kier molecular flexibility index (Phi) is 8.52. The summed E-state index contributed by atoms with van der Waals surface area (Å²) in [5.74, 6) is 0.243. The number of hydrogen-bond acceptors (Lipinski definition) is 3. The van der Waals surface area contributed by atoms with Gasteiger partial charge in [0.05, 0.1) is 0 Å². The molecule has 0 radical (unpaired) electrons. The number of ether oxygens (including phenoxy) is 1. The summed E-state index contributed by atoms with van der Waals surface area (Å²) in [7, 11) is 0. The highest BCUT2D eigenvalue weighted by Gasteiger charge is 2.31. The van der Waals surface area contributed by atoms with E-state index in [9.17, 15) is 9.59 Å². The number of carbonyl (C=O) groups is 2. The SMILES string of the molecule is CC[C@H](C(=O)NC(C)(C)C)N(Cc1ccc(Cl)cc1)C(=O)COc1ccc(C)cc1C. The predicted molar refractivity (Wildman–Crippen MR) is 125 cm³/mol. The van der Waals surface area contributed by atoms with Crippen molar-refractivity contribution in [1.29, 1.82) is 0 Å². The van der Waals surface area contributed by atoms with Gasteiger partial charge < -0.3 is 15.0 Å². The van der Waals surface area contributed by atoms with Gasteiger partial charge in [0, 0.05) is 17.1 Å². The van der Waals surface area contributed by atoms with Crippen molar-refractivity contribution in [2.24, 2.45) is 0 Å². The van der Waals surface area contributed by atoms with Crippen LogP contribution in [0, 0.1) is 13.8 Å². The van der Waals surface area contributed by atoms with Crippen LogP contribution in [0.25, 0.3) is 0 Å². The minimum absolute atomic E-state index is 0.142. The summed E-state index contributed by atoms with van der Waals surface area (Å²) in [6.45, 7) is 11.8. The molecule has 5 nitrogen and oxygen atoms in total. The van der Waals surface area contributed by atoms with E-state index < -0.39 is 11.6 Å². The third kappa shape index (κ3) is 7.59. The second-order valence-electron chi connectivity index (χ2n) is 8.87. The van der Waals surface area contributed by atoms with Crippen molar-refractivity contribution < 1.29 is 14.3 Å². The van der Waals surface area contributed by atoms with Crippen molar-refractivity contribution in [1.82, 2.24) is 10.2 Å². The van der Waals surface area contributed by atoms with Crippen molar-refractivity contribution in [3.63, 3.8) is 0 Å². The molecule has 1 atom stereocenters. The van der Waals surface area contributed by atoms with E-state index in [4.69, 9.17) is 16.3 Å². The molecule has 0 aliphatic heterocycles. The molecular formula is C25H33ClN2O3. The third-order valence-electron chi connectivity index (χ3n) is 4.83. The molecule has 168 valence electrons. The fourth-order valence-electron chi connectivity index (χ4n) is 3.34. The molecule has 0 saturated carbocycles. The fraction of sp³-hybridized carbons (Fsp3) is 0.440. The molecule has 0 unspecified atom stereocenters. The monoisotopic (exact) mass is 444 g/mol.